The Morgan fingerprint density at radius 2 is 2.14 bits per heavy atom. The molecule has 0 saturated carbocycles. The molecular formula is C15H11BrClN3S. The molecule has 1 aromatic heterocycles. The highest BCUT2D eigenvalue weighted by atomic mass is 79.9. The summed E-state index contributed by atoms with van der Waals surface area (Å²) in [7, 11) is 0. The zero-order chi connectivity index (χ0) is 14.4. The molecule has 0 spiro atoms. The summed E-state index contributed by atoms with van der Waals surface area (Å²) in [4.78, 5) is 0. The van der Waals surface area contributed by atoms with Crippen molar-refractivity contribution in [3.63, 3.8) is 0 Å². The third-order valence-electron chi connectivity index (χ3n) is 3.88. The van der Waals surface area contributed by atoms with Gasteiger partial charge in [0.25, 0.3) is 0 Å². The molecule has 4 rings (SSSR count). The summed E-state index contributed by atoms with van der Waals surface area (Å²) in [5.41, 5.74) is 5.37. The van der Waals surface area contributed by atoms with Crippen LogP contribution < -0.4 is 5.32 Å². The molecule has 0 fully saturated rings. The van der Waals surface area contributed by atoms with Crippen molar-refractivity contribution in [1.29, 1.82) is 0 Å². The highest BCUT2D eigenvalue weighted by molar-refractivity contribution is 9.10. The Kier molecular flexibility index (Phi) is 3.36. The second-order valence-corrected chi connectivity index (χ2v) is 6.98. The number of anilines is 1. The fraction of sp³-hybridized carbons (Fsp3) is 0.200. The number of fused-ring (bicyclic) bond motifs is 2. The molecule has 3 aromatic rings. The number of nitrogens with zero attached hydrogens (tertiary/aromatic N) is 2. The largest absolute Gasteiger partial charge is 0.375 e. The number of nitrogens with one attached hydrogen (secondary N) is 1. The van der Waals surface area contributed by atoms with Gasteiger partial charge in [-0.15, -0.1) is 0 Å². The van der Waals surface area contributed by atoms with Crippen molar-refractivity contribution in [2.24, 2.45) is 0 Å². The van der Waals surface area contributed by atoms with Crippen molar-refractivity contribution in [1.82, 2.24) is 8.75 Å². The van der Waals surface area contributed by atoms with E-state index in [1.54, 1.807) is 0 Å². The minimum Gasteiger partial charge on any atom is -0.375 e. The topological polar surface area (TPSA) is 37.8 Å². The van der Waals surface area contributed by atoms with Crippen molar-refractivity contribution >= 4 is 56.0 Å². The van der Waals surface area contributed by atoms with Crippen LogP contribution in [0.1, 0.15) is 23.6 Å². The van der Waals surface area contributed by atoms with Gasteiger partial charge in [0.15, 0.2) is 0 Å². The Labute approximate surface area is 139 Å². The van der Waals surface area contributed by atoms with E-state index < -0.39 is 0 Å². The third kappa shape index (κ3) is 2.33. The normalized spacial score (nSPS) is 17.1. The van der Waals surface area contributed by atoms with Crippen LogP contribution in [0.5, 0.6) is 0 Å². The smallest absolute Gasteiger partial charge is 0.129 e. The van der Waals surface area contributed by atoms with Gasteiger partial charge in [-0.05, 0) is 48.2 Å². The lowest BCUT2D eigenvalue weighted by molar-refractivity contribution is 0.763. The second kappa shape index (κ2) is 5.23. The lowest BCUT2D eigenvalue weighted by Gasteiger charge is -2.17. The van der Waals surface area contributed by atoms with E-state index in [0.717, 1.165) is 34.0 Å². The van der Waals surface area contributed by atoms with E-state index in [2.05, 4.69) is 48.2 Å². The van der Waals surface area contributed by atoms with Crippen molar-refractivity contribution in [3.05, 3.63) is 51.0 Å². The van der Waals surface area contributed by atoms with Crippen molar-refractivity contribution in [2.75, 3.05) is 5.32 Å². The molecule has 2 aromatic carbocycles. The maximum absolute atomic E-state index is 6.36. The van der Waals surface area contributed by atoms with Gasteiger partial charge in [-0.1, -0.05) is 33.6 Å². The summed E-state index contributed by atoms with van der Waals surface area (Å²) in [5.74, 6) is 0. The predicted molar refractivity (Wildman–Crippen MR) is 91.3 cm³/mol. The van der Waals surface area contributed by atoms with Gasteiger partial charge in [-0.25, -0.2) is 0 Å². The fourth-order valence-corrected chi connectivity index (χ4v) is 4.03. The van der Waals surface area contributed by atoms with Crippen LogP contribution in [0.25, 0.3) is 11.0 Å². The Balaban J connectivity index is 1.74. The van der Waals surface area contributed by atoms with Crippen LogP contribution in [0, 0.1) is 0 Å². The van der Waals surface area contributed by atoms with Gasteiger partial charge >= 0.3 is 0 Å². The predicted octanol–water partition coefficient (Wildman–Crippen LogP) is 5.21. The summed E-state index contributed by atoms with van der Waals surface area (Å²) in [5, 5.41) is 4.27. The molecule has 21 heavy (non-hydrogen) atoms. The lowest BCUT2D eigenvalue weighted by atomic mass is 10.1. The van der Waals surface area contributed by atoms with Crippen LogP contribution in [-0.4, -0.2) is 8.75 Å². The van der Waals surface area contributed by atoms with Crippen molar-refractivity contribution in [2.45, 2.75) is 18.9 Å². The lowest BCUT2D eigenvalue weighted by Crippen LogP contribution is -2.08. The molecule has 0 bridgehead atoms. The maximum Gasteiger partial charge on any atom is 0.129 e. The molecule has 1 aliphatic carbocycles. The molecule has 0 saturated heterocycles. The first-order valence-electron chi connectivity index (χ1n) is 6.68. The van der Waals surface area contributed by atoms with Crippen LogP contribution in [0.3, 0.4) is 0 Å². The Bertz CT molecular complexity index is 833. The van der Waals surface area contributed by atoms with Gasteiger partial charge in [-0.2, -0.15) is 8.75 Å². The van der Waals surface area contributed by atoms with Crippen molar-refractivity contribution < 1.29 is 0 Å². The molecule has 1 heterocycles. The van der Waals surface area contributed by atoms with E-state index in [1.165, 1.54) is 22.9 Å². The van der Waals surface area contributed by atoms with Crippen LogP contribution in [0.4, 0.5) is 5.69 Å². The van der Waals surface area contributed by atoms with E-state index in [4.69, 9.17) is 11.6 Å². The van der Waals surface area contributed by atoms with Crippen LogP contribution in [0.2, 0.25) is 5.02 Å². The highest BCUT2D eigenvalue weighted by Crippen LogP contribution is 2.39. The number of rotatable bonds is 2. The summed E-state index contributed by atoms with van der Waals surface area (Å²) in [6.45, 7) is 0. The van der Waals surface area contributed by atoms with Gasteiger partial charge in [0, 0.05) is 4.47 Å². The number of benzene rings is 2. The number of hydrogen-bond acceptors (Lipinski definition) is 4. The molecule has 1 unspecified atom stereocenters. The number of hydrogen-bond donors (Lipinski definition) is 1. The minimum atomic E-state index is 0.276. The molecular weight excluding hydrogens is 370 g/mol. The first-order valence-corrected chi connectivity index (χ1v) is 8.58. The van der Waals surface area contributed by atoms with Crippen LogP contribution in [-0.2, 0) is 6.42 Å². The number of aromatic nitrogens is 2. The molecule has 3 nitrogen and oxygen atoms in total. The van der Waals surface area contributed by atoms with Gasteiger partial charge in [0.2, 0.25) is 0 Å². The molecule has 1 atom stereocenters. The van der Waals surface area contributed by atoms with Gasteiger partial charge in [0.1, 0.15) is 11.0 Å². The van der Waals surface area contributed by atoms with E-state index in [1.807, 2.05) is 12.1 Å². The maximum atomic E-state index is 6.36. The SMILES string of the molecule is Clc1ccc2nsnc2c1NC1CCc2cc(Br)ccc21. The number of halogens is 2. The standard InChI is InChI=1S/C15H11BrClN3S/c16-9-2-3-10-8(7-9)1-5-12(10)18-14-11(17)4-6-13-15(14)20-21-19-13/h2-4,6-7,12,18H,1,5H2. The zero-order valence-corrected chi connectivity index (χ0v) is 14.1. The summed E-state index contributed by atoms with van der Waals surface area (Å²) in [6, 6.07) is 10.5. The number of aryl methyl sites for hydroxylation is 1. The van der Waals surface area contributed by atoms with E-state index in [-0.39, 0.29) is 6.04 Å². The monoisotopic (exact) mass is 379 g/mol. The Morgan fingerprint density at radius 3 is 3.05 bits per heavy atom. The molecule has 106 valence electrons. The van der Waals surface area contributed by atoms with Crippen molar-refractivity contribution in [3.8, 4) is 0 Å². The summed E-state index contributed by atoms with van der Waals surface area (Å²) in [6.07, 6.45) is 2.14. The third-order valence-corrected chi connectivity index (χ3v) is 5.23. The first-order chi connectivity index (χ1) is 10.2. The van der Waals surface area contributed by atoms with Crippen LogP contribution in [0.15, 0.2) is 34.8 Å². The Hall–Kier alpha value is -1.17. The molecule has 6 heteroatoms. The average Bonchev–Trinajstić information content (AvgIpc) is 3.08. The van der Waals surface area contributed by atoms with Crippen LogP contribution >= 0.6 is 39.3 Å². The molecule has 1 N–H and O–H groups in total. The second-order valence-electron chi connectivity index (χ2n) is 5.13. The quantitative estimate of drug-likeness (QED) is 0.663. The fourth-order valence-electron chi connectivity index (χ4n) is 2.87. The van der Waals surface area contributed by atoms with E-state index in [0.29, 0.717) is 5.02 Å². The minimum absolute atomic E-state index is 0.276. The highest BCUT2D eigenvalue weighted by Gasteiger charge is 2.24. The Morgan fingerprint density at radius 1 is 1.24 bits per heavy atom. The van der Waals surface area contributed by atoms with E-state index >= 15 is 0 Å². The van der Waals surface area contributed by atoms with E-state index in [9.17, 15) is 0 Å². The summed E-state index contributed by atoms with van der Waals surface area (Å²) >= 11 is 11.1. The average molecular weight is 381 g/mol. The molecule has 0 amide bonds. The summed E-state index contributed by atoms with van der Waals surface area (Å²) < 4.78 is 9.77. The van der Waals surface area contributed by atoms with Gasteiger partial charge in [-0.3, -0.25) is 0 Å². The first kappa shape index (κ1) is 13.5. The molecule has 0 radical (unpaired) electrons. The van der Waals surface area contributed by atoms with Gasteiger partial charge in [0.05, 0.1) is 28.5 Å². The zero-order valence-electron chi connectivity index (χ0n) is 10.9. The molecule has 0 aliphatic heterocycles. The van der Waals surface area contributed by atoms with Gasteiger partial charge < -0.3 is 5.32 Å². The molecule has 1 aliphatic rings.